The molecule has 2 aromatic rings. The van der Waals surface area contributed by atoms with Crippen LogP contribution in [0, 0.1) is 0 Å². The van der Waals surface area contributed by atoms with Gasteiger partial charge in [0, 0.05) is 4.47 Å². The lowest BCUT2D eigenvalue weighted by Gasteiger charge is -2.21. The van der Waals surface area contributed by atoms with Gasteiger partial charge in [0.15, 0.2) is 0 Å². The summed E-state index contributed by atoms with van der Waals surface area (Å²) in [5.74, 6) is 1.12. The quantitative estimate of drug-likeness (QED) is 0.875. The number of benzene rings is 1. The third-order valence-electron chi connectivity index (χ3n) is 2.43. The average molecular weight is 336 g/mol. The summed E-state index contributed by atoms with van der Waals surface area (Å²) in [6.45, 7) is 5.88. The molecule has 1 aromatic heterocycles. The number of para-hydroxylation sites is 1. The number of nitrogens with zero attached hydrogens (tertiary/aromatic N) is 1. The first-order valence-electron chi connectivity index (χ1n) is 6.32. The predicted molar refractivity (Wildman–Crippen MR) is 86.5 cm³/mol. The van der Waals surface area contributed by atoms with E-state index in [9.17, 15) is 0 Å². The zero-order valence-corrected chi connectivity index (χ0v) is 13.4. The van der Waals surface area contributed by atoms with Crippen molar-refractivity contribution in [1.82, 2.24) is 4.98 Å². The van der Waals surface area contributed by atoms with Crippen molar-refractivity contribution >= 4 is 33.1 Å². The largest absolute Gasteiger partial charge is 0.470 e. The van der Waals surface area contributed by atoms with E-state index in [2.05, 4.69) is 26.2 Å². The van der Waals surface area contributed by atoms with Crippen LogP contribution in [0.4, 0.5) is 17.2 Å². The number of hydrogen-bond donors (Lipinski definition) is 2. The summed E-state index contributed by atoms with van der Waals surface area (Å²) in [4.78, 5) is 4.41. The number of hydrogen-bond acceptors (Lipinski definition) is 4. The summed E-state index contributed by atoms with van der Waals surface area (Å²) >= 11 is 3.49. The van der Waals surface area contributed by atoms with Crippen LogP contribution in [-0.2, 0) is 0 Å². The maximum atomic E-state index is 5.90. The van der Waals surface area contributed by atoms with E-state index < -0.39 is 0 Å². The second-order valence-electron chi connectivity index (χ2n) is 5.41. The molecular formula is C15H18BrN3O. The second-order valence-corrected chi connectivity index (χ2v) is 6.26. The van der Waals surface area contributed by atoms with Crippen LogP contribution in [0.1, 0.15) is 20.8 Å². The van der Waals surface area contributed by atoms with Crippen LogP contribution in [0.5, 0.6) is 5.88 Å². The van der Waals surface area contributed by atoms with Gasteiger partial charge in [-0.3, -0.25) is 0 Å². The molecule has 0 aliphatic heterocycles. The fourth-order valence-corrected chi connectivity index (χ4v) is 1.98. The van der Waals surface area contributed by atoms with Gasteiger partial charge in [0.05, 0.1) is 11.4 Å². The lowest BCUT2D eigenvalue weighted by Crippen LogP contribution is -2.24. The van der Waals surface area contributed by atoms with E-state index in [4.69, 9.17) is 10.5 Å². The molecule has 0 radical (unpaired) electrons. The third kappa shape index (κ3) is 3.87. The Hall–Kier alpha value is -1.75. The Kier molecular flexibility index (Phi) is 4.18. The molecule has 1 heterocycles. The molecule has 1 aromatic carbocycles. The molecule has 20 heavy (non-hydrogen) atoms. The maximum Gasteiger partial charge on any atom is 0.239 e. The summed E-state index contributed by atoms with van der Waals surface area (Å²) in [6.07, 6.45) is 0. The van der Waals surface area contributed by atoms with E-state index in [0.29, 0.717) is 17.4 Å². The molecule has 0 aliphatic rings. The SMILES string of the molecule is CC(C)(C)Oc1nc(Nc2ccccc2Br)ccc1N. The standard InChI is InChI=1S/C15H18BrN3O/c1-15(2,3)20-14-11(17)8-9-13(19-14)18-12-7-5-4-6-10(12)16/h4-9H,17H2,1-3H3,(H,18,19). The molecule has 5 heteroatoms. The van der Waals surface area contributed by atoms with Gasteiger partial charge in [0.25, 0.3) is 0 Å². The Labute approximate surface area is 127 Å². The molecule has 0 unspecified atom stereocenters. The normalized spacial score (nSPS) is 11.2. The van der Waals surface area contributed by atoms with Gasteiger partial charge in [0.1, 0.15) is 11.4 Å². The number of nitrogens with two attached hydrogens (primary N) is 1. The van der Waals surface area contributed by atoms with Crippen molar-refractivity contribution in [2.45, 2.75) is 26.4 Å². The van der Waals surface area contributed by atoms with Crippen molar-refractivity contribution in [3.63, 3.8) is 0 Å². The van der Waals surface area contributed by atoms with Crippen LogP contribution >= 0.6 is 15.9 Å². The van der Waals surface area contributed by atoms with Gasteiger partial charge in [0.2, 0.25) is 5.88 Å². The zero-order valence-electron chi connectivity index (χ0n) is 11.8. The van der Waals surface area contributed by atoms with Crippen molar-refractivity contribution in [2.24, 2.45) is 0 Å². The minimum absolute atomic E-state index is 0.340. The van der Waals surface area contributed by atoms with Gasteiger partial charge in [-0.25, -0.2) is 0 Å². The first-order valence-corrected chi connectivity index (χ1v) is 7.11. The smallest absolute Gasteiger partial charge is 0.239 e. The van der Waals surface area contributed by atoms with Crippen LogP contribution in [0.3, 0.4) is 0 Å². The molecule has 0 bridgehead atoms. The Morgan fingerprint density at radius 2 is 1.85 bits per heavy atom. The molecule has 0 saturated carbocycles. The van der Waals surface area contributed by atoms with Crippen molar-refractivity contribution in [3.8, 4) is 5.88 Å². The van der Waals surface area contributed by atoms with Crippen molar-refractivity contribution in [2.75, 3.05) is 11.1 Å². The third-order valence-corrected chi connectivity index (χ3v) is 3.12. The highest BCUT2D eigenvalue weighted by Crippen LogP contribution is 2.28. The molecule has 0 fully saturated rings. The number of nitrogen functional groups attached to an aromatic ring is 1. The molecule has 106 valence electrons. The number of ether oxygens (including phenoxy) is 1. The second kappa shape index (κ2) is 5.71. The highest BCUT2D eigenvalue weighted by Gasteiger charge is 2.15. The van der Waals surface area contributed by atoms with Crippen LogP contribution in [0.15, 0.2) is 40.9 Å². The van der Waals surface area contributed by atoms with Crippen LogP contribution in [0.2, 0.25) is 0 Å². The fourth-order valence-electron chi connectivity index (χ4n) is 1.59. The zero-order chi connectivity index (χ0) is 14.8. The number of aromatic nitrogens is 1. The number of anilines is 3. The summed E-state index contributed by atoms with van der Waals surface area (Å²) in [5.41, 5.74) is 7.02. The van der Waals surface area contributed by atoms with E-state index in [0.717, 1.165) is 10.2 Å². The van der Waals surface area contributed by atoms with Gasteiger partial charge in [-0.05, 0) is 61.0 Å². The maximum absolute atomic E-state index is 5.90. The van der Waals surface area contributed by atoms with E-state index in [-0.39, 0.29) is 5.60 Å². The number of rotatable bonds is 3. The lowest BCUT2D eigenvalue weighted by molar-refractivity contribution is 0.125. The molecular weight excluding hydrogens is 318 g/mol. The van der Waals surface area contributed by atoms with Gasteiger partial charge in [-0.2, -0.15) is 4.98 Å². The molecule has 0 atom stereocenters. The van der Waals surface area contributed by atoms with E-state index in [1.807, 2.05) is 51.1 Å². The predicted octanol–water partition coefficient (Wildman–Crippen LogP) is 4.35. The lowest BCUT2D eigenvalue weighted by atomic mass is 10.2. The van der Waals surface area contributed by atoms with E-state index in [1.165, 1.54) is 0 Å². The molecule has 3 N–H and O–H groups in total. The Balaban J connectivity index is 2.26. The topological polar surface area (TPSA) is 60.2 Å². The summed E-state index contributed by atoms with van der Waals surface area (Å²) < 4.78 is 6.72. The number of nitrogens with one attached hydrogen (secondary N) is 1. The Morgan fingerprint density at radius 1 is 1.15 bits per heavy atom. The minimum Gasteiger partial charge on any atom is -0.470 e. The van der Waals surface area contributed by atoms with Crippen LogP contribution < -0.4 is 15.8 Å². The van der Waals surface area contributed by atoms with E-state index >= 15 is 0 Å². The van der Waals surface area contributed by atoms with E-state index in [1.54, 1.807) is 6.07 Å². The molecule has 4 nitrogen and oxygen atoms in total. The van der Waals surface area contributed by atoms with Gasteiger partial charge >= 0.3 is 0 Å². The molecule has 0 spiro atoms. The van der Waals surface area contributed by atoms with Gasteiger partial charge in [-0.15, -0.1) is 0 Å². The fraction of sp³-hybridized carbons (Fsp3) is 0.267. The van der Waals surface area contributed by atoms with Gasteiger partial charge in [-0.1, -0.05) is 12.1 Å². The Morgan fingerprint density at radius 3 is 2.50 bits per heavy atom. The highest BCUT2D eigenvalue weighted by atomic mass is 79.9. The van der Waals surface area contributed by atoms with Crippen molar-refractivity contribution < 1.29 is 4.74 Å². The summed E-state index contributed by atoms with van der Waals surface area (Å²) in [5, 5.41) is 3.23. The highest BCUT2D eigenvalue weighted by molar-refractivity contribution is 9.10. The number of halogens is 1. The summed E-state index contributed by atoms with van der Waals surface area (Å²) in [7, 11) is 0. The van der Waals surface area contributed by atoms with Crippen LogP contribution in [-0.4, -0.2) is 10.6 Å². The number of pyridine rings is 1. The first-order chi connectivity index (χ1) is 9.35. The summed E-state index contributed by atoms with van der Waals surface area (Å²) in [6, 6.07) is 11.5. The van der Waals surface area contributed by atoms with Crippen molar-refractivity contribution in [1.29, 1.82) is 0 Å². The monoisotopic (exact) mass is 335 g/mol. The van der Waals surface area contributed by atoms with Gasteiger partial charge < -0.3 is 15.8 Å². The molecule has 2 rings (SSSR count). The molecule has 0 saturated heterocycles. The molecule has 0 amide bonds. The van der Waals surface area contributed by atoms with Crippen LogP contribution in [0.25, 0.3) is 0 Å². The Bertz CT molecular complexity index is 608. The minimum atomic E-state index is -0.340. The average Bonchev–Trinajstić information content (AvgIpc) is 2.34. The first kappa shape index (κ1) is 14.7. The van der Waals surface area contributed by atoms with Crippen molar-refractivity contribution in [3.05, 3.63) is 40.9 Å². The molecule has 0 aliphatic carbocycles.